The lowest BCUT2D eigenvalue weighted by Gasteiger charge is -2.42. The molecule has 1 saturated carbocycles. The molecule has 0 amide bonds. The van der Waals surface area contributed by atoms with Crippen molar-refractivity contribution in [3.63, 3.8) is 0 Å². The van der Waals surface area contributed by atoms with E-state index in [1.54, 1.807) is 0 Å². The van der Waals surface area contributed by atoms with Gasteiger partial charge in [-0.2, -0.15) is 0 Å². The van der Waals surface area contributed by atoms with E-state index < -0.39 is 0 Å². The Labute approximate surface area is 93.0 Å². The van der Waals surface area contributed by atoms with Gasteiger partial charge in [-0.05, 0) is 38.8 Å². The molecule has 0 unspecified atom stereocenters. The Morgan fingerprint density at radius 1 is 1.33 bits per heavy atom. The van der Waals surface area contributed by atoms with Crippen LogP contribution in [0, 0.1) is 5.41 Å². The van der Waals surface area contributed by atoms with Gasteiger partial charge in [0, 0.05) is 25.1 Å². The van der Waals surface area contributed by atoms with Crippen LogP contribution in [-0.4, -0.2) is 39.4 Å². The maximum absolute atomic E-state index is 5.34. The number of hydrogen-bond donors (Lipinski definition) is 2. The highest BCUT2D eigenvalue weighted by atomic mass is 16.5. The molecular weight excluding hydrogens is 188 g/mol. The van der Waals surface area contributed by atoms with Crippen LogP contribution < -0.4 is 10.6 Å². The molecule has 1 aliphatic heterocycles. The molecule has 0 aromatic rings. The van der Waals surface area contributed by atoms with Gasteiger partial charge in [-0.15, -0.1) is 0 Å². The van der Waals surface area contributed by atoms with Gasteiger partial charge in [0.15, 0.2) is 0 Å². The first-order valence-corrected chi connectivity index (χ1v) is 6.28. The van der Waals surface area contributed by atoms with Gasteiger partial charge in [-0.1, -0.05) is 6.42 Å². The van der Waals surface area contributed by atoms with E-state index in [4.69, 9.17) is 4.74 Å². The lowest BCUT2D eigenvalue weighted by atomic mass is 9.69. The molecule has 2 rings (SSSR count). The number of rotatable bonds is 5. The number of piperidine rings is 1. The summed E-state index contributed by atoms with van der Waals surface area (Å²) in [6, 6.07) is 0.737. The topological polar surface area (TPSA) is 33.3 Å². The molecule has 2 fully saturated rings. The number of hydrogen-bond acceptors (Lipinski definition) is 3. The summed E-state index contributed by atoms with van der Waals surface area (Å²) >= 11 is 0. The third-order valence-electron chi connectivity index (χ3n) is 3.97. The molecule has 0 aromatic carbocycles. The summed E-state index contributed by atoms with van der Waals surface area (Å²) in [6.07, 6.45) is 6.64. The molecule has 0 spiro atoms. The van der Waals surface area contributed by atoms with Gasteiger partial charge in [0.2, 0.25) is 0 Å². The molecule has 3 nitrogen and oxygen atoms in total. The molecule has 1 heterocycles. The van der Waals surface area contributed by atoms with Crippen molar-refractivity contribution in [3.8, 4) is 0 Å². The first-order valence-electron chi connectivity index (χ1n) is 6.28. The smallest absolute Gasteiger partial charge is 0.0530 e. The molecular formula is C12H24N2O. The van der Waals surface area contributed by atoms with Gasteiger partial charge in [-0.25, -0.2) is 0 Å². The lowest BCUT2D eigenvalue weighted by Crippen LogP contribution is -2.48. The molecule has 0 aromatic heterocycles. The van der Waals surface area contributed by atoms with E-state index in [0.29, 0.717) is 5.41 Å². The van der Waals surface area contributed by atoms with Gasteiger partial charge in [0.1, 0.15) is 0 Å². The molecule has 1 saturated heterocycles. The minimum absolute atomic E-state index is 0.472. The van der Waals surface area contributed by atoms with E-state index in [1.165, 1.54) is 45.2 Å². The highest BCUT2D eigenvalue weighted by molar-refractivity contribution is 4.91. The van der Waals surface area contributed by atoms with Crippen molar-refractivity contribution >= 4 is 0 Å². The Balaban J connectivity index is 1.70. The van der Waals surface area contributed by atoms with Crippen molar-refractivity contribution in [2.45, 2.75) is 38.1 Å². The predicted molar refractivity (Wildman–Crippen MR) is 62.1 cm³/mol. The van der Waals surface area contributed by atoms with Crippen molar-refractivity contribution < 1.29 is 4.74 Å². The average Bonchev–Trinajstić information content (AvgIpc) is 2.23. The second-order valence-corrected chi connectivity index (χ2v) is 5.19. The van der Waals surface area contributed by atoms with Crippen molar-refractivity contribution in [2.24, 2.45) is 5.41 Å². The fraction of sp³-hybridized carbons (Fsp3) is 1.00. The summed E-state index contributed by atoms with van der Waals surface area (Å²) in [5.41, 5.74) is 0.472. The Morgan fingerprint density at radius 3 is 2.60 bits per heavy atom. The number of nitrogens with one attached hydrogen (secondary N) is 2. The van der Waals surface area contributed by atoms with Crippen molar-refractivity contribution in [1.29, 1.82) is 0 Å². The zero-order valence-corrected chi connectivity index (χ0v) is 9.85. The summed E-state index contributed by atoms with van der Waals surface area (Å²) in [4.78, 5) is 0. The third-order valence-corrected chi connectivity index (χ3v) is 3.97. The van der Waals surface area contributed by atoms with Gasteiger partial charge in [0.05, 0.1) is 6.61 Å². The van der Waals surface area contributed by atoms with Crippen LogP contribution in [0.3, 0.4) is 0 Å². The fourth-order valence-corrected chi connectivity index (χ4v) is 2.74. The maximum atomic E-state index is 5.34. The summed E-state index contributed by atoms with van der Waals surface area (Å²) < 4.78 is 5.34. The van der Waals surface area contributed by atoms with Gasteiger partial charge < -0.3 is 15.4 Å². The van der Waals surface area contributed by atoms with E-state index in [2.05, 4.69) is 10.6 Å². The first-order chi connectivity index (χ1) is 7.35. The molecule has 0 radical (unpaired) electrons. The van der Waals surface area contributed by atoms with Gasteiger partial charge in [0.25, 0.3) is 0 Å². The van der Waals surface area contributed by atoms with Crippen molar-refractivity contribution in [2.75, 3.05) is 33.4 Å². The second-order valence-electron chi connectivity index (χ2n) is 5.19. The molecule has 2 N–H and O–H groups in total. The van der Waals surface area contributed by atoms with Gasteiger partial charge in [-0.3, -0.25) is 0 Å². The second kappa shape index (κ2) is 5.28. The largest absolute Gasteiger partial charge is 0.384 e. The summed E-state index contributed by atoms with van der Waals surface area (Å²) in [5.74, 6) is 0. The average molecular weight is 212 g/mol. The highest BCUT2D eigenvalue weighted by Crippen LogP contribution is 2.40. The summed E-state index contributed by atoms with van der Waals surface area (Å²) in [6.45, 7) is 4.44. The molecule has 0 bridgehead atoms. The predicted octanol–water partition coefficient (Wildman–Crippen LogP) is 1.14. The minimum atomic E-state index is 0.472. The van der Waals surface area contributed by atoms with E-state index in [1.807, 2.05) is 7.11 Å². The van der Waals surface area contributed by atoms with Crippen molar-refractivity contribution in [3.05, 3.63) is 0 Å². The van der Waals surface area contributed by atoms with Crippen LogP contribution in [0.4, 0.5) is 0 Å². The lowest BCUT2D eigenvalue weighted by molar-refractivity contribution is 0.0151. The first kappa shape index (κ1) is 11.4. The summed E-state index contributed by atoms with van der Waals surface area (Å²) in [7, 11) is 1.82. The SMILES string of the molecule is COCC1(CNC2CCNCC2)CCC1. The van der Waals surface area contributed by atoms with E-state index >= 15 is 0 Å². The Morgan fingerprint density at radius 2 is 2.07 bits per heavy atom. The molecule has 3 heteroatoms. The molecule has 0 atom stereocenters. The minimum Gasteiger partial charge on any atom is -0.384 e. The van der Waals surface area contributed by atoms with E-state index in [0.717, 1.165) is 19.2 Å². The van der Waals surface area contributed by atoms with Crippen LogP contribution >= 0.6 is 0 Å². The van der Waals surface area contributed by atoms with Crippen LogP contribution in [-0.2, 0) is 4.74 Å². The van der Waals surface area contributed by atoms with E-state index in [9.17, 15) is 0 Å². The quantitative estimate of drug-likeness (QED) is 0.717. The maximum Gasteiger partial charge on any atom is 0.0530 e. The monoisotopic (exact) mass is 212 g/mol. The highest BCUT2D eigenvalue weighted by Gasteiger charge is 2.37. The third kappa shape index (κ3) is 2.92. The summed E-state index contributed by atoms with van der Waals surface area (Å²) in [5, 5.41) is 7.13. The van der Waals surface area contributed by atoms with Crippen LogP contribution in [0.15, 0.2) is 0 Å². The van der Waals surface area contributed by atoms with E-state index in [-0.39, 0.29) is 0 Å². The van der Waals surface area contributed by atoms with Crippen LogP contribution in [0.25, 0.3) is 0 Å². The van der Waals surface area contributed by atoms with Gasteiger partial charge >= 0.3 is 0 Å². The zero-order valence-electron chi connectivity index (χ0n) is 9.85. The molecule has 2 aliphatic rings. The Kier molecular flexibility index (Phi) is 4.00. The Bertz CT molecular complexity index is 186. The molecule has 1 aliphatic carbocycles. The number of ether oxygens (including phenoxy) is 1. The number of methoxy groups -OCH3 is 1. The fourth-order valence-electron chi connectivity index (χ4n) is 2.74. The van der Waals surface area contributed by atoms with Crippen molar-refractivity contribution in [1.82, 2.24) is 10.6 Å². The molecule has 88 valence electrons. The van der Waals surface area contributed by atoms with Crippen LogP contribution in [0.2, 0.25) is 0 Å². The standard InChI is InChI=1S/C12H24N2O/c1-15-10-12(5-2-6-12)9-14-11-3-7-13-8-4-11/h11,13-14H,2-10H2,1H3. The molecule has 15 heavy (non-hydrogen) atoms. The zero-order chi connectivity index (χ0) is 10.6. The van der Waals surface area contributed by atoms with Crippen LogP contribution in [0.1, 0.15) is 32.1 Å². The van der Waals surface area contributed by atoms with Crippen LogP contribution in [0.5, 0.6) is 0 Å². The normalized spacial score (nSPS) is 26.2. The Hall–Kier alpha value is -0.120.